The molecular formula is C21H16BrClN2O2. The molecule has 2 heterocycles. The summed E-state index contributed by atoms with van der Waals surface area (Å²) in [5, 5.41) is 1.46. The Kier molecular flexibility index (Phi) is 4.74. The summed E-state index contributed by atoms with van der Waals surface area (Å²) in [5.74, 6) is -0.452. The topological polar surface area (TPSA) is 50.3 Å². The van der Waals surface area contributed by atoms with Crippen LogP contribution < -0.4 is 0 Å². The number of halogens is 2. The number of benzene rings is 2. The lowest BCUT2D eigenvalue weighted by Gasteiger charge is -2.22. The van der Waals surface area contributed by atoms with Crippen LogP contribution >= 0.6 is 27.5 Å². The van der Waals surface area contributed by atoms with Gasteiger partial charge in [-0.1, -0.05) is 45.7 Å². The lowest BCUT2D eigenvalue weighted by molar-refractivity contribution is 0.0590. The van der Waals surface area contributed by atoms with Crippen LogP contribution in [-0.4, -0.2) is 27.7 Å². The van der Waals surface area contributed by atoms with Gasteiger partial charge in [-0.05, 0) is 55.7 Å². The molecule has 0 fully saturated rings. The van der Waals surface area contributed by atoms with Crippen LogP contribution in [0.15, 0.2) is 53.0 Å². The summed E-state index contributed by atoms with van der Waals surface area (Å²) in [6, 6.07) is 14.6. The molecule has 0 N–H and O–H groups in total. The van der Waals surface area contributed by atoms with Gasteiger partial charge in [0.25, 0.3) is 11.8 Å². The number of aromatic nitrogens is 1. The van der Waals surface area contributed by atoms with Gasteiger partial charge in [-0.25, -0.2) is 4.98 Å². The van der Waals surface area contributed by atoms with Crippen molar-refractivity contribution >= 4 is 50.2 Å². The monoisotopic (exact) mass is 442 g/mol. The first-order chi connectivity index (χ1) is 13.0. The van der Waals surface area contributed by atoms with E-state index in [0.29, 0.717) is 29.1 Å². The number of rotatable bonds is 4. The van der Waals surface area contributed by atoms with Crippen LogP contribution in [0.3, 0.4) is 0 Å². The fourth-order valence-electron chi connectivity index (χ4n) is 3.44. The van der Waals surface area contributed by atoms with Crippen LogP contribution in [0.2, 0.25) is 5.15 Å². The third-order valence-corrected chi connectivity index (χ3v) is 5.72. The standard InChI is InChI=1S/C21H16BrClN2O2/c1-12(25-20(26)16-4-2-3-5-17(16)21(25)27)6-7-14-10-13-8-9-15(22)11-18(13)24-19(14)23/h2-5,8-12H,6-7H2,1H3. The number of carbonyl (C=O) groups excluding carboxylic acids is 2. The highest BCUT2D eigenvalue weighted by atomic mass is 79.9. The largest absolute Gasteiger partial charge is 0.271 e. The molecule has 6 heteroatoms. The van der Waals surface area contributed by atoms with Gasteiger partial charge in [0, 0.05) is 15.9 Å². The van der Waals surface area contributed by atoms with Crippen molar-refractivity contribution in [2.45, 2.75) is 25.8 Å². The van der Waals surface area contributed by atoms with Crippen LogP contribution in [-0.2, 0) is 6.42 Å². The number of amides is 2. The molecule has 1 unspecified atom stereocenters. The third kappa shape index (κ3) is 3.26. The fourth-order valence-corrected chi connectivity index (χ4v) is 4.03. The second-order valence-corrected chi connectivity index (χ2v) is 7.96. The minimum Gasteiger partial charge on any atom is -0.271 e. The zero-order valence-corrected chi connectivity index (χ0v) is 16.9. The number of fused-ring (bicyclic) bond motifs is 2. The number of pyridine rings is 1. The van der Waals surface area contributed by atoms with Gasteiger partial charge >= 0.3 is 0 Å². The highest BCUT2D eigenvalue weighted by Gasteiger charge is 2.37. The molecule has 4 rings (SSSR count). The van der Waals surface area contributed by atoms with Gasteiger partial charge in [0.1, 0.15) is 5.15 Å². The van der Waals surface area contributed by atoms with Crippen molar-refractivity contribution in [2.75, 3.05) is 0 Å². The van der Waals surface area contributed by atoms with Crippen molar-refractivity contribution < 1.29 is 9.59 Å². The quantitative estimate of drug-likeness (QED) is 0.408. The predicted molar refractivity (Wildman–Crippen MR) is 109 cm³/mol. The van der Waals surface area contributed by atoms with Gasteiger partial charge in [0.2, 0.25) is 0 Å². The third-order valence-electron chi connectivity index (χ3n) is 4.90. The average molecular weight is 444 g/mol. The van der Waals surface area contributed by atoms with Crippen molar-refractivity contribution in [3.05, 3.63) is 74.8 Å². The molecule has 3 aromatic rings. The smallest absolute Gasteiger partial charge is 0.261 e. The first-order valence-corrected chi connectivity index (χ1v) is 9.84. The molecular weight excluding hydrogens is 428 g/mol. The lowest BCUT2D eigenvalue weighted by atomic mass is 10.0. The number of carbonyl (C=O) groups is 2. The van der Waals surface area contributed by atoms with Gasteiger partial charge in [-0.3, -0.25) is 14.5 Å². The normalized spacial score (nSPS) is 14.7. The van der Waals surface area contributed by atoms with Crippen molar-refractivity contribution in [3.8, 4) is 0 Å². The Morgan fingerprint density at radius 3 is 2.41 bits per heavy atom. The van der Waals surface area contributed by atoms with E-state index < -0.39 is 0 Å². The molecule has 4 nitrogen and oxygen atoms in total. The average Bonchev–Trinajstić information content (AvgIpc) is 2.91. The van der Waals surface area contributed by atoms with Crippen LogP contribution in [0.25, 0.3) is 10.9 Å². The Morgan fingerprint density at radius 2 is 1.74 bits per heavy atom. The molecule has 1 atom stereocenters. The van der Waals surface area contributed by atoms with E-state index in [1.165, 1.54) is 4.90 Å². The van der Waals surface area contributed by atoms with Crippen molar-refractivity contribution in [1.82, 2.24) is 9.88 Å². The van der Waals surface area contributed by atoms with Gasteiger partial charge in [-0.15, -0.1) is 0 Å². The van der Waals surface area contributed by atoms with E-state index in [9.17, 15) is 9.59 Å². The second kappa shape index (κ2) is 7.06. The first kappa shape index (κ1) is 18.1. The van der Waals surface area contributed by atoms with Crippen molar-refractivity contribution in [1.29, 1.82) is 0 Å². The maximum atomic E-state index is 12.6. The molecule has 1 aromatic heterocycles. The molecule has 0 aliphatic carbocycles. The second-order valence-electron chi connectivity index (χ2n) is 6.69. The highest BCUT2D eigenvalue weighted by molar-refractivity contribution is 9.10. The predicted octanol–water partition coefficient (Wildman–Crippen LogP) is 5.27. The SMILES string of the molecule is CC(CCc1cc2ccc(Br)cc2nc1Cl)N1C(=O)c2ccccc2C1=O. The lowest BCUT2D eigenvalue weighted by Crippen LogP contribution is -2.38. The number of hydrogen-bond acceptors (Lipinski definition) is 3. The number of imide groups is 1. The molecule has 0 bridgehead atoms. The summed E-state index contributed by atoms with van der Waals surface area (Å²) in [6.45, 7) is 1.89. The number of nitrogens with zero attached hydrogens (tertiary/aromatic N) is 2. The Hall–Kier alpha value is -2.24. The first-order valence-electron chi connectivity index (χ1n) is 8.67. The molecule has 1 aliphatic rings. The molecule has 0 saturated carbocycles. The van der Waals surface area contributed by atoms with E-state index in [0.717, 1.165) is 20.9 Å². The summed E-state index contributed by atoms with van der Waals surface area (Å²) in [6.07, 6.45) is 1.25. The molecule has 0 radical (unpaired) electrons. The van der Waals surface area contributed by atoms with Crippen LogP contribution in [0.1, 0.15) is 39.6 Å². The van der Waals surface area contributed by atoms with Gasteiger partial charge in [-0.2, -0.15) is 0 Å². The maximum absolute atomic E-state index is 12.6. The van der Waals surface area contributed by atoms with Gasteiger partial charge in [0.15, 0.2) is 0 Å². The zero-order chi connectivity index (χ0) is 19.1. The summed E-state index contributed by atoms with van der Waals surface area (Å²) >= 11 is 9.79. The van der Waals surface area contributed by atoms with E-state index in [4.69, 9.17) is 11.6 Å². The van der Waals surface area contributed by atoms with Crippen molar-refractivity contribution in [2.24, 2.45) is 0 Å². The van der Waals surface area contributed by atoms with E-state index in [1.807, 2.05) is 31.2 Å². The molecule has 0 saturated heterocycles. The number of hydrogen-bond donors (Lipinski definition) is 0. The van der Waals surface area contributed by atoms with Crippen LogP contribution in [0.5, 0.6) is 0 Å². The van der Waals surface area contributed by atoms with E-state index in [-0.39, 0.29) is 17.9 Å². The maximum Gasteiger partial charge on any atom is 0.261 e. The van der Waals surface area contributed by atoms with Crippen LogP contribution in [0.4, 0.5) is 0 Å². The fraction of sp³-hybridized carbons (Fsp3) is 0.190. The Bertz CT molecular complexity index is 1050. The Balaban J connectivity index is 1.53. The highest BCUT2D eigenvalue weighted by Crippen LogP contribution is 2.28. The summed E-state index contributed by atoms with van der Waals surface area (Å²) in [7, 11) is 0. The minimum absolute atomic E-state index is 0.226. The molecule has 1 aliphatic heterocycles. The van der Waals surface area contributed by atoms with Crippen LogP contribution in [0, 0.1) is 0 Å². The molecule has 2 aromatic carbocycles. The summed E-state index contributed by atoms with van der Waals surface area (Å²) in [4.78, 5) is 31.0. The van der Waals surface area contributed by atoms with Crippen molar-refractivity contribution in [3.63, 3.8) is 0 Å². The van der Waals surface area contributed by atoms with E-state index >= 15 is 0 Å². The Morgan fingerprint density at radius 1 is 1.07 bits per heavy atom. The Labute approximate surface area is 170 Å². The molecule has 2 amide bonds. The summed E-state index contributed by atoms with van der Waals surface area (Å²) < 4.78 is 0.950. The summed E-state index contributed by atoms with van der Waals surface area (Å²) in [5.41, 5.74) is 2.69. The van der Waals surface area contributed by atoms with Gasteiger partial charge in [0.05, 0.1) is 16.6 Å². The van der Waals surface area contributed by atoms with Gasteiger partial charge < -0.3 is 0 Å². The molecule has 27 heavy (non-hydrogen) atoms. The number of aryl methyl sites for hydroxylation is 1. The molecule has 0 spiro atoms. The van der Waals surface area contributed by atoms with E-state index in [1.54, 1.807) is 24.3 Å². The van der Waals surface area contributed by atoms with E-state index in [2.05, 4.69) is 20.9 Å². The zero-order valence-electron chi connectivity index (χ0n) is 14.6. The molecule has 136 valence electrons. The minimum atomic E-state index is -0.228.